The fraction of sp³-hybridized carbons (Fsp3) is 0.500. The fourth-order valence-corrected chi connectivity index (χ4v) is 1.81. The molecule has 16 heavy (non-hydrogen) atoms. The van der Waals surface area contributed by atoms with Gasteiger partial charge in [-0.25, -0.2) is 0 Å². The van der Waals surface area contributed by atoms with E-state index in [4.69, 9.17) is 15.2 Å². The minimum Gasteiger partial charge on any atom is -0.497 e. The lowest BCUT2D eigenvalue weighted by Gasteiger charge is -2.16. The number of hydrogen-bond donors (Lipinski definition) is 1. The normalized spacial score (nSPS) is 16.2. The van der Waals surface area contributed by atoms with Crippen LogP contribution in [0.4, 0.5) is 0 Å². The molecule has 0 saturated heterocycles. The van der Waals surface area contributed by atoms with Gasteiger partial charge in [-0.3, -0.25) is 0 Å². The maximum atomic E-state index is 6.16. The van der Waals surface area contributed by atoms with Crippen molar-refractivity contribution in [1.82, 2.24) is 0 Å². The Morgan fingerprint density at radius 2 is 1.94 bits per heavy atom. The molecule has 1 aliphatic carbocycles. The van der Waals surface area contributed by atoms with Gasteiger partial charge in [0, 0.05) is 11.6 Å². The van der Waals surface area contributed by atoms with Crippen molar-refractivity contribution in [3.8, 4) is 11.5 Å². The van der Waals surface area contributed by atoms with Gasteiger partial charge in [-0.05, 0) is 37.0 Å². The highest BCUT2D eigenvalue weighted by Crippen LogP contribution is 2.42. The van der Waals surface area contributed by atoms with Crippen LogP contribution in [0.3, 0.4) is 0 Å². The smallest absolute Gasteiger partial charge is 0.123 e. The summed E-state index contributed by atoms with van der Waals surface area (Å²) in [4.78, 5) is 0. The minimum absolute atomic E-state index is 0. The summed E-state index contributed by atoms with van der Waals surface area (Å²) in [6, 6.07) is 5.86. The molecule has 2 N–H and O–H groups in total. The van der Waals surface area contributed by atoms with Gasteiger partial charge in [0.2, 0.25) is 0 Å². The van der Waals surface area contributed by atoms with Crippen molar-refractivity contribution in [1.29, 1.82) is 0 Å². The van der Waals surface area contributed by atoms with Crippen molar-refractivity contribution in [3.63, 3.8) is 0 Å². The van der Waals surface area contributed by atoms with E-state index in [1.54, 1.807) is 14.2 Å². The molecule has 0 radical (unpaired) electrons. The topological polar surface area (TPSA) is 44.5 Å². The molecule has 0 bridgehead atoms. The molecule has 0 aliphatic heterocycles. The molecular weight excluding hydrogens is 226 g/mol. The van der Waals surface area contributed by atoms with E-state index >= 15 is 0 Å². The van der Waals surface area contributed by atoms with Crippen molar-refractivity contribution in [3.05, 3.63) is 23.8 Å². The van der Waals surface area contributed by atoms with Gasteiger partial charge in [-0.1, -0.05) is 0 Å². The van der Waals surface area contributed by atoms with Crippen LogP contribution in [0.15, 0.2) is 18.2 Å². The predicted molar refractivity (Wildman–Crippen MR) is 66.4 cm³/mol. The number of benzene rings is 1. The summed E-state index contributed by atoms with van der Waals surface area (Å²) < 4.78 is 10.5. The molecule has 1 atom stereocenters. The van der Waals surface area contributed by atoms with Crippen molar-refractivity contribution in [2.24, 2.45) is 11.7 Å². The lowest BCUT2D eigenvalue weighted by molar-refractivity contribution is 0.393. The second-order valence-corrected chi connectivity index (χ2v) is 3.97. The number of halogens is 1. The highest BCUT2D eigenvalue weighted by molar-refractivity contribution is 5.85. The van der Waals surface area contributed by atoms with Gasteiger partial charge in [0.15, 0.2) is 0 Å². The molecule has 0 heterocycles. The number of nitrogens with two attached hydrogens (primary N) is 1. The Balaban J connectivity index is 0.00000128. The van der Waals surface area contributed by atoms with Crippen LogP contribution >= 0.6 is 12.4 Å². The van der Waals surface area contributed by atoms with Gasteiger partial charge in [0.1, 0.15) is 11.5 Å². The van der Waals surface area contributed by atoms with E-state index in [9.17, 15) is 0 Å². The van der Waals surface area contributed by atoms with E-state index in [2.05, 4.69) is 0 Å². The average Bonchev–Trinajstić information content (AvgIpc) is 3.11. The molecule has 0 aromatic heterocycles. The van der Waals surface area contributed by atoms with Crippen molar-refractivity contribution in [2.45, 2.75) is 18.9 Å². The molecule has 0 spiro atoms. The van der Waals surface area contributed by atoms with Crippen molar-refractivity contribution in [2.75, 3.05) is 14.2 Å². The zero-order chi connectivity index (χ0) is 10.8. The van der Waals surface area contributed by atoms with E-state index in [0.29, 0.717) is 5.92 Å². The van der Waals surface area contributed by atoms with Crippen LogP contribution in [-0.2, 0) is 0 Å². The first-order valence-electron chi connectivity index (χ1n) is 5.23. The Bertz CT molecular complexity index is 353. The monoisotopic (exact) mass is 243 g/mol. The average molecular weight is 244 g/mol. The van der Waals surface area contributed by atoms with Crippen LogP contribution in [-0.4, -0.2) is 14.2 Å². The zero-order valence-electron chi connectivity index (χ0n) is 9.60. The third kappa shape index (κ3) is 2.60. The minimum atomic E-state index is 0. The predicted octanol–water partition coefficient (Wildman–Crippen LogP) is 2.54. The van der Waals surface area contributed by atoms with Gasteiger partial charge >= 0.3 is 0 Å². The van der Waals surface area contributed by atoms with Gasteiger partial charge in [0.05, 0.1) is 14.2 Å². The number of hydrogen-bond acceptors (Lipinski definition) is 3. The maximum Gasteiger partial charge on any atom is 0.123 e. The summed E-state index contributed by atoms with van der Waals surface area (Å²) in [5.41, 5.74) is 7.22. The molecule has 1 aromatic rings. The molecule has 1 aliphatic rings. The summed E-state index contributed by atoms with van der Waals surface area (Å²) in [5, 5.41) is 0. The van der Waals surface area contributed by atoms with E-state index in [0.717, 1.165) is 17.1 Å². The van der Waals surface area contributed by atoms with Crippen molar-refractivity contribution >= 4 is 12.4 Å². The quantitative estimate of drug-likeness (QED) is 0.884. The highest BCUT2D eigenvalue weighted by atomic mass is 35.5. The number of rotatable bonds is 4. The molecule has 1 fully saturated rings. The largest absolute Gasteiger partial charge is 0.497 e. The van der Waals surface area contributed by atoms with Gasteiger partial charge in [0.25, 0.3) is 0 Å². The lowest BCUT2D eigenvalue weighted by atomic mass is 10.0. The Labute approximate surface area is 102 Å². The lowest BCUT2D eigenvalue weighted by Crippen LogP contribution is -2.13. The van der Waals surface area contributed by atoms with E-state index < -0.39 is 0 Å². The van der Waals surface area contributed by atoms with E-state index in [-0.39, 0.29) is 18.4 Å². The first-order valence-corrected chi connectivity index (χ1v) is 5.23. The first-order chi connectivity index (χ1) is 7.26. The van der Waals surface area contributed by atoms with E-state index in [1.165, 1.54) is 12.8 Å². The molecule has 4 heteroatoms. The molecule has 0 unspecified atom stereocenters. The highest BCUT2D eigenvalue weighted by Gasteiger charge is 2.31. The third-order valence-electron chi connectivity index (χ3n) is 2.93. The molecule has 1 aromatic carbocycles. The van der Waals surface area contributed by atoms with Crippen LogP contribution in [0.5, 0.6) is 11.5 Å². The Morgan fingerprint density at radius 1 is 1.25 bits per heavy atom. The molecule has 1 saturated carbocycles. The summed E-state index contributed by atoms with van der Waals surface area (Å²) in [6.07, 6.45) is 2.45. The van der Waals surface area contributed by atoms with Crippen LogP contribution in [0.25, 0.3) is 0 Å². The number of methoxy groups -OCH3 is 2. The summed E-state index contributed by atoms with van der Waals surface area (Å²) in [7, 11) is 3.33. The molecule has 3 nitrogen and oxygen atoms in total. The van der Waals surface area contributed by atoms with Crippen LogP contribution in [0, 0.1) is 5.92 Å². The Morgan fingerprint density at radius 3 is 2.44 bits per heavy atom. The summed E-state index contributed by atoms with van der Waals surface area (Å²) in [5.74, 6) is 2.31. The van der Waals surface area contributed by atoms with Gasteiger partial charge < -0.3 is 15.2 Å². The van der Waals surface area contributed by atoms with Gasteiger partial charge in [-0.2, -0.15) is 0 Å². The summed E-state index contributed by atoms with van der Waals surface area (Å²) in [6.45, 7) is 0. The molecule has 0 amide bonds. The Hall–Kier alpha value is -0.930. The third-order valence-corrected chi connectivity index (χ3v) is 2.93. The molecular formula is C12H18ClNO2. The zero-order valence-corrected chi connectivity index (χ0v) is 10.4. The van der Waals surface area contributed by atoms with Crippen LogP contribution < -0.4 is 15.2 Å². The second-order valence-electron chi connectivity index (χ2n) is 3.97. The van der Waals surface area contributed by atoms with Gasteiger partial charge in [-0.15, -0.1) is 12.4 Å². The van der Waals surface area contributed by atoms with Crippen LogP contribution in [0.1, 0.15) is 24.4 Å². The van der Waals surface area contributed by atoms with Crippen molar-refractivity contribution < 1.29 is 9.47 Å². The molecule has 2 rings (SSSR count). The standard InChI is InChI=1S/C12H17NO2.ClH/c1-14-9-5-6-11(15-2)10(7-9)12(13)8-3-4-8;/h5-8,12H,3-4,13H2,1-2H3;1H/t12-;/m0./s1. The number of ether oxygens (including phenoxy) is 2. The fourth-order valence-electron chi connectivity index (χ4n) is 1.81. The Kier molecular flexibility index (Phi) is 4.44. The SMILES string of the molecule is COc1ccc(OC)c([C@@H](N)C2CC2)c1.Cl. The second kappa shape index (κ2) is 5.41. The molecule has 90 valence electrons. The van der Waals surface area contributed by atoms with E-state index in [1.807, 2.05) is 18.2 Å². The summed E-state index contributed by atoms with van der Waals surface area (Å²) >= 11 is 0. The maximum absolute atomic E-state index is 6.16. The first kappa shape index (κ1) is 13.1. The van der Waals surface area contributed by atoms with Crippen LogP contribution in [0.2, 0.25) is 0 Å².